The summed E-state index contributed by atoms with van der Waals surface area (Å²) in [5.41, 5.74) is 2.63. The largest absolute Gasteiger partial charge is 0.329 e. The van der Waals surface area contributed by atoms with E-state index in [0.29, 0.717) is 12.3 Å². The molecule has 2 aromatic rings. The highest BCUT2D eigenvalue weighted by atomic mass is 16.2. The highest BCUT2D eigenvalue weighted by Gasteiger charge is 2.31. The number of aryl methyl sites for hydroxylation is 1. The molecule has 4 rings (SSSR count). The fraction of sp³-hybridized carbons (Fsp3) is 0.571. The molecule has 1 atom stereocenters. The van der Waals surface area contributed by atoms with Gasteiger partial charge < -0.3 is 10.2 Å². The van der Waals surface area contributed by atoms with Crippen LogP contribution >= 0.6 is 0 Å². The lowest BCUT2D eigenvalue weighted by Crippen LogP contribution is -2.44. The van der Waals surface area contributed by atoms with Crippen LogP contribution in [0, 0.1) is 0 Å². The fourth-order valence-electron chi connectivity index (χ4n) is 4.62. The van der Waals surface area contributed by atoms with Crippen molar-refractivity contribution in [2.75, 3.05) is 33.2 Å². The predicted octanol–water partition coefficient (Wildman–Crippen LogP) is 0.717. The number of carbonyl (C=O) groups excluding carboxylic acids is 2. The van der Waals surface area contributed by atoms with Gasteiger partial charge in [0.2, 0.25) is 11.8 Å². The number of nitrogens with one attached hydrogen (secondary N) is 2. The number of imide groups is 1. The van der Waals surface area contributed by atoms with E-state index in [1.165, 1.54) is 5.56 Å². The predicted molar refractivity (Wildman–Crippen MR) is 111 cm³/mol. The number of benzene rings is 1. The number of likely N-dealkylation sites (tertiary alicyclic amines) is 1. The van der Waals surface area contributed by atoms with Crippen LogP contribution in [0.5, 0.6) is 0 Å². The molecule has 0 spiro atoms. The Balaban J connectivity index is 1.60. The van der Waals surface area contributed by atoms with Crippen LogP contribution in [0.4, 0.5) is 0 Å². The van der Waals surface area contributed by atoms with Gasteiger partial charge in [-0.25, -0.2) is 4.79 Å². The first-order valence-corrected chi connectivity index (χ1v) is 10.4. The molecule has 8 nitrogen and oxygen atoms in total. The third-order valence-corrected chi connectivity index (χ3v) is 6.37. The van der Waals surface area contributed by atoms with Crippen LogP contribution in [-0.4, -0.2) is 59.1 Å². The first kappa shape index (κ1) is 19.8. The average Bonchev–Trinajstić information content (AvgIpc) is 2.97. The minimum Gasteiger partial charge on any atom is -0.318 e. The van der Waals surface area contributed by atoms with Gasteiger partial charge >= 0.3 is 5.69 Å². The van der Waals surface area contributed by atoms with Gasteiger partial charge in [0.25, 0.3) is 0 Å². The highest BCUT2D eigenvalue weighted by molar-refractivity contribution is 6.00. The summed E-state index contributed by atoms with van der Waals surface area (Å²) in [5, 5.41) is 5.56. The Morgan fingerprint density at radius 2 is 1.86 bits per heavy atom. The number of hydrogen-bond donors (Lipinski definition) is 2. The number of aromatic nitrogens is 2. The third-order valence-electron chi connectivity index (χ3n) is 6.37. The molecule has 0 saturated carbocycles. The van der Waals surface area contributed by atoms with Gasteiger partial charge in [0.15, 0.2) is 0 Å². The lowest BCUT2D eigenvalue weighted by Gasteiger charge is -2.32. The standard InChI is InChI=1S/C21H29N5O3/c1-22-9-12-25-10-7-14(8-11-25)15-3-4-16-18(13-15)24(2)21(29)26(16)17-5-6-19(27)23-20(17)28/h3-4,13-14,17,22H,5-12H2,1-2H3,(H,23,27,28). The number of fused-ring (bicyclic) bond motifs is 1. The zero-order valence-corrected chi connectivity index (χ0v) is 17.1. The van der Waals surface area contributed by atoms with Crippen molar-refractivity contribution in [2.24, 2.45) is 7.05 Å². The fourth-order valence-corrected chi connectivity index (χ4v) is 4.62. The number of likely N-dealkylation sites (N-methyl/N-ethyl adjacent to an activating group) is 1. The Morgan fingerprint density at radius 1 is 1.10 bits per heavy atom. The van der Waals surface area contributed by atoms with Crippen molar-refractivity contribution in [1.82, 2.24) is 24.7 Å². The van der Waals surface area contributed by atoms with Gasteiger partial charge in [0.05, 0.1) is 11.0 Å². The van der Waals surface area contributed by atoms with Gasteiger partial charge in [-0.3, -0.25) is 24.0 Å². The SMILES string of the molecule is CNCCN1CCC(c2ccc3c(c2)n(C)c(=O)n3C2CCC(=O)NC2=O)CC1. The summed E-state index contributed by atoms with van der Waals surface area (Å²) in [7, 11) is 3.73. The average molecular weight is 399 g/mol. The smallest absolute Gasteiger partial charge is 0.318 e. The summed E-state index contributed by atoms with van der Waals surface area (Å²) in [5.74, 6) is -0.184. The summed E-state index contributed by atoms with van der Waals surface area (Å²) in [4.78, 5) is 39.2. The van der Waals surface area contributed by atoms with Crippen molar-refractivity contribution in [3.05, 3.63) is 34.2 Å². The summed E-state index contributed by atoms with van der Waals surface area (Å²) in [6, 6.07) is 5.53. The molecule has 2 N–H and O–H groups in total. The van der Waals surface area contributed by atoms with E-state index in [1.54, 1.807) is 16.2 Å². The number of hydrogen-bond acceptors (Lipinski definition) is 5. The highest BCUT2D eigenvalue weighted by Crippen LogP contribution is 2.31. The number of amides is 2. The molecule has 2 amide bonds. The normalized spacial score (nSPS) is 21.7. The molecule has 0 aliphatic carbocycles. The minimum absolute atomic E-state index is 0.214. The van der Waals surface area contributed by atoms with Gasteiger partial charge in [-0.2, -0.15) is 0 Å². The maximum atomic E-state index is 12.9. The Kier molecular flexibility index (Phi) is 5.56. The molecule has 1 unspecified atom stereocenters. The van der Waals surface area contributed by atoms with Gasteiger partial charge in [-0.15, -0.1) is 0 Å². The molecular formula is C21H29N5O3. The Bertz CT molecular complexity index is 984. The van der Waals surface area contributed by atoms with E-state index in [-0.39, 0.29) is 18.0 Å². The summed E-state index contributed by atoms with van der Waals surface area (Å²) in [6.45, 7) is 4.25. The molecule has 156 valence electrons. The van der Waals surface area contributed by atoms with E-state index in [1.807, 2.05) is 13.1 Å². The molecule has 2 aliphatic rings. The lowest BCUT2D eigenvalue weighted by molar-refractivity contribution is -0.135. The van der Waals surface area contributed by atoms with Crippen molar-refractivity contribution in [3.8, 4) is 0 Å². The monoisotopic (exact) mass is 399 g/mol. The van der Waals surface area contributed by atoms with Gasteiger partial charge in [0, 0.05) is 26.6 Å². The van der Waals surface area contributed by atoms with Crippen LogP contribution in [0.2, 0.25) is 0 Å². The van der Waals surface area contributed by atoms with Crippen LogP contribution < -0.4 is 16.3 Å². The zero-order chi connectivity index (χ0) is 20.5. The van der Waals surface area contributed by atoms with E-state index >= 15 is 0 Å². The molecule has 3 heterocycles. The summed E-state index contributed by atoms with van der Waals surface area (Å²) >= 11 is 0. The van der Waals surface area contributed by atoms with E-state index in [4.69, 9.17) is 0 Å². The molecular weight excluding hydrogens is 370 g/mol. The quantitative estimate of drug-likeness (QED) is 0.724. The van der Waals surface area contributed by atoms with Gasteiger partial charge in [0.1, 0.15) is 6.04 Å². The second-order valence-corrected chi connectivity index (χ2v) is 8.15. The van der Waals surface area contributed by atoms with Crippen molar-refractivity contribution < 1.29 is 9.59 Å². The molecule has 1 aromatic carbocycles. The molecule has 2 aliphatic heterocycles. The first-order valence-electron chi connectivity index (χ1n) is 10.4. The molecule has 8 heteroatoms. The van der Waals surface area contributed by atoms with E-state index in [2.05, 4.69) is 27.7 Å². The Hall–Kier alpha value is -2.45. The van der Waals surface area contributed by atoms with Gasteiger partial charge in [-0.05, 0) is 63.0 Å². The summed E-state index contributed by atoms with van der Waals surface area (Å²) < 4.78 is 3.16. The Morgan fingerprint density at radius 3 is 2.55 bits per heavy atom. The zero-order valence-electron chi connectivity index (χ0n) is 17.1. The maximum Gasteiger partial charge on any atom is 0.329 e. The first-order chi connectivity index (χ1) is 14.0. The van der Waals surface area contributed by atoms with Crippen LogP contribution in [-0.2, 0) is 16.6 Å². The van der Waals surface area contributed by atoms with Crippen LogP contribution in [0.1, 0.15) is 43.2 Å². The van der Waals surface area contributed by atoms with Crippen LogP contribution in [0.25, 0.3) is 11.0 Å². The molecule has 0 bridgehead atoms. The maximum absolute atomic E-state index is 12.9. The number of rotatable bonds is 5. The number of carbonyl (C=O) groups is 2. The molecule has 2 saturated heterocycles. The van der Waals surface area contributed by atoms with E-state index < -0.39 is 11.9 Å². The van der Waals surface area contributed by atoms with Gasteiger partial charge in [-0.1, -0.05) is 6.07 Å². The van der Waals surface area contributed by atoms with E-state index in [9.17, 15) is 14.4 Å². The summed E-state index contributed by atoms with van der Waals surface area (Å²) in [6.07, 6.45) is 2.83. The number of imidazole rings is 1. The topological polar surface area (TPSA) is 88.4 Å². The van der Waals surface area contributed by atoms with Crippen molar-refractivity contribution in [2.45, 2.75) is 37.6 Å². The second-order valence-electron chi connectivity index (χ2n) is 8.15. The van der Waals surface area contributed by atoms with Crippen molar-refractivity contribution in [1.29, 1.82) is 0 Å². The van der Waals surface area contributed by atoms with Crippen molar-refractivity contribution in [3.63, 3.8) is 0 Å². The molecule has 0 radical (unpaired) electrons. The molecule has 29 heavy (non-hydrogen) atoms. The van der Waals surface area contributed by atoms with Crippen LogP contribution in [0.3, 0.4) is 0 Å². The van der Waals surface area contributed by atoms with E-state index in [0.717, 1.165) is 50.1 Å². The molecule has 1 aromatic heterocycles. The van der Waals surface area contributed by atoms with Crippen molar-refractivity contribution >= 4 is 22.8 Å². The number of piperidine rings is 2. The Labute approximate surface area is 169 Å². The second kappa shape index (κ2) is 8.12. The third kappa shape index (κ3) is 3.74. The minimum atomic E-state index is -0.634. The lowest BCUT2D eigenvalue weighted by atomic mass is 9.89. The van der Waals surface area contributed by atoms with Crippen LogP contribution in [0.15, 0.2) is 23.0 Å². The molecule has 2 fully saturated rings. The number of nitrogens with zero attached hydrogens (tertiary/aromatic N) is 3.